The van der Waals surface area contributed by atoms with Crippen molar-refractivity contribution in [2.24, 2.45) is 0 Å². The van der Waals surface area contributed by atoms with Crippen LogP contribution in [0.1, 0.15) is 51.6 Å². The molecule has 1 atom stereocenters. The molecule has 1 aliphatic rings. The van der Waals surface area contributed by atoms with Crippen LogP contribution in [0.25, 0.3) is 0 Å². The van der Waals surface area contributed by atoms with Gasteiger partial charge in [0.1, 0.15) is 5.82 Å². The van der Waals surface area contributed by atoms with Crippen molar-refractivity contribution in [3.63, 3.8) is 0 Å². The third-order valence-electron chi connectivity index (χ3n) is 3.80. The zero-order valence-electron chi connectivity index (χ0n) is 12.2. The maximum atomic E-state index is 4.52. The van der Waals surface area contributed by atoms with Gasteiger partial charge in [-0.15, -0.1) is 0 Å². The number of nitrogens with one attached hydrogen (secondary N) is 1. The monoisotopic (exact) mass is 262 g/mol. The lowest BCUT2D eigenvalue weighted by Crippen LogP contribution is -2.39. The second-order valence-electron chi connectivity index (χ2n) is 5.33. The summed E-state index contributed by atoms with van der Waals surface area (Å²) < 4.78 is 0. The number of aromatic nitrogens is 2. The lowest BCUT2D eigenvalue weighted by Gasteiger charge is -2.35. The van der Waals surface area contributed by atoms with Gasteiger partial charge in [0, 0.05) is 19.1 Å². The highest BCUT2D eigenvalue weighted by Gasteiger charge is 2.21. The Labute approximate surface area is 116 Å². The third kappa shape index (κ3) is 4.16. The smallest absolute Gasteiger partial charge is 0.144 e. The summed E-state index contributed by atoms with van der Waals surface area (Å²) >= 11 is 0. The summed E-state index contributed by atoms with van der Waals surface area (Å²) in [6.45, 7) is 7.39. The van der Waals surface area contributed by atoms with Crippen LogP contribution in [0.15, 0.2) is 12.4 Å². The second-order valence-corrected chi connectivity index (χ2v) is 5.33. The van der Waals surface area contributed by atoms with Gasteiger partial charge in [0.2, 0.25) is 0 Å². The molecule has 1 N–H and O–H groups in total. The fourth-order valence-electron chi connectivity index (χ4n) is 2.85. The van der Waals surface area contributed by atoms with Crippen LogP contribution >= 0.6 is 0 Å². The zero-order valence-corrected chi connectivity index (χ0v) is 12.2. The summed E-state index contributed by atoms with van der Waals surface area (Å²) in [5.74, 6) is 0.870. The van der Waals surface area contributed by atoms with Gasteiger partial charge in [-0.05, 0) is 32.7 Å². The van der Waals surface area contributed by atoms with Crippen LogP contribution in [0.5, 0.6) is 0 Å². The molecule has 0 aromatic carbocycles. The average Bonchev–Trinajstić information content (AvgIpc) is 2.44. The number of likely N-dealkylation sites (tertiary alicyclic amines) is 1. The topological polar surface area (TPSA) is 41.1 Å². The fraction of sp³-hybridized carbons (Fsp3) is 0.733. The number of nitrogens with zero attached hydrogens (tertiary/aromatic N) is 3. The summed E-state index contributed by atoms with van der Waals surface area (Å²) in [5.41, 5.74) is 1.09. The fourth-order valence-corrected chi connectivity index (χ4v) is 2.85. The molecule has 1 aliphatic heterocycles. The number of anilines is 1. The zero-order chi connectivity index (χ0) is 13.5. The standard InChI is InChI=1S/C15H26N4/c1-3-7-14-8-5-6-9-19(14)12-13-10-18-15(11-17-13)16-4-2/h10-11,14H,3-9,12H2,1-2H3,(H,16,18). The minimum absolute atomic E-state index is 0.744. The maximum Gasteiger partial charge on any atom is 0.144 e. The van der Waals surface area contributed by atoms with Gasteiger partial charge in [-0.1, -0.05) is 19.8 Å². The lowest BCUT2D eigenvalue weighted by atomic mass is 9.98. The van der Waals surface area contributed by atoms with E-state index in [1.54, 1.807) is 0 Å². The molecule has 0 aliphatic carbocycles. The van der Waals surface area contributed by atoms with Crippen molar-refractivity contribution in [3.05, 3.63) is 18.1 Å². The minimum atomic E-state index is 0.744. The molecule has 0 radical (unpaired) electrons. The molecule has 19 heavy (non-hydrogen) atoms. The van der Waals surface area contributed by atoms with Crippen LogP contribution in [0.2, 0.25) is 0 Å². The average molecular weight is 262 g/mol. The molecule has 0 bridgehead atoms. The molecular formula is C15H26N4. The summed E-state index contributed by atoms with van der Waals surface area (Å²) in [4.78, 5) is 11.5. The first kappa shape index (κ1) is 14.3. The van der Waals surface area contributed by atoms with Crippen molar-refractivity contribution in [2.75, 3.05) is 18.4 Å². The molecule has 0 saturated carbocycles. The van der Waals surface area contributed by atoms with E-state index in [4.69, 9.17) is 0 Å². The molecule has 2 rings (SSSR count). The van der Waals surface area contributed by atoms with Gasteiger partial charge in [0.25, 0.3) is 0 Å². The lowest BCUT2D eigenvalue weighted by molar-refractivity contribution is 0.130. The summed E-state index contributed by atoms with van der Waals surface area (Å²) in [7, 11) is 0. The van der Waals surface area contributed by atoms with Crippen LogP contribution in [0, 0.1) is 0 Å². The molecule has 0 amide bonds. The van der Waals surface area contributed by atoms with E-state index in [9.17, 15) is 0 Å². The Morgan fingerprint density at radius 3 is 2.84 bits per heavy atom. The Hall–Kier alpha value is -1.16. The van der Waals surface area contributed by atoms with E-state index in [0.717, 1.165) is 30.6 Å². The van der Waals surface area contributed by atoms with E-state index >= 15 is 0 Å². The third-order valence-corrected chi connectivity index (χ3v) is 3.80. The molecule has 1 aromatic heterocycles. The minimum Gasteiger partial charge on any atom is -0.369 e. The van der Waals surface area contributed by atoms with Crippen molar-refractivity contribution in [2.45, 2.75) is 58.5 Å². The van der Waals surface area contributed by atoms with Gasteiger partial charge in [-0.2, -0.15) is 0 Å². The number of hydrogen-bond donors (Lipinski definition) is 1. The molecule has 1 saturated heterocycles. The summed E-state index contributed by atoms with van der Waals surface area (Å²) in [6.07, 6.45) is 10.4. The summed E-state index contributed by atoms with van der Waals surface area (Å²) in [5, 5.41) is 3.18. The van der Waals surface area contributed by atoms with Gasteiger partial charge in [-0.25, -0.2) is 4.98 Å². The van der Waals surface area contributed by atoms with E-state index in [2.05, 4.69) is 34.0 Å². The molecule has 1 fully saturated rings. The van der Waals surface area contributed by atoms with E-state index in [1.807, 2.05) is 12.4 Å². The van der Waals surface area contributed by atoms with Crippen LogP contribution in [0.3, 0.4) is 0 Å². The predicted molar refractivity (Wildman–Crippen MR) is 79.2 cm³/mol. The van der Waals surface area contributed by atoms with Crippen LogP contribution in [0.4, 0.5) is 5.82 Å². The van der Waals surface area contributed by atoms with E-state index in [-0.39, 0.29) is 0 Å². The van der Waals surface area contributed by atoms with Gasteiger partial charge in [-0.3, -0.25) is 9.88 Å². The quantitative estimate of drug-likeness (QED) is 0.855. The number of piperidine rings is 1. The molecule has 106 valence electrons. The highest BCUT2D eigenvalue weighted by Crippen LogP contribution is 2.22. The van der Waals surface area contributed by atoms with E-state index < -0.39 is 0 Å². The van der Waals surface area contributed by atoms with Gasteiger partial charge in [0.15, 0.2) is 0 Å². The van der Waals surface area contributed by atoms with Gasteiger partial charge >= 0.3 is 0 Å². The molecule has 1 unspecified atom stereocenters. The maximum absolute atomic E-state index is 4.52. The Morgan fingerprint density at radius 2 is 2.16 bits per heavy atom. The molecule has 0 spiro atoms. The SMILES string of the molecule is CCCC1CCCCN1Cc1cnc(NCC)cn1. The normalized spacial score (nSPS) is 20.4. The molecular weight excluding hydrogens is 236 g/mol. The number of hydrogen-bond acceptors (Lipinski definition) is 4. The first-order chi connectivity index (χ1) is 9.33. The predicted octanol–water partition coefficient (Wildman–Crippen LogP) is 3.06. The Balaban J connectivity index is 1.94. The van der Waals surface area contributed by atoms with E-state index in [0.29, 0.717) is 0 Å². The molecule has 4 nitrogen and oxygen atoms in total. The molecule has 4 heteroatoms. The van der Waals surface area contributed by atoms with Crippen molar-refractivity contribution in [1.29, 1.82) is 0 Å². The van der Waals surface area contributed by atoms with Gasteiger partial charge in [0.05, 0.1) is 18.1 Å². The van der Waals surface area contributed by atoms with Crippen molar-refractivity contribution in [3.8, 4) is 0 Å². The highest BCUT2D eigenvalue weighted by molar-refractivity contribution is 5.30. The Kier molecular flexibility index (Phi) is 5.58. The van der Waals surface area contributed by atoms with Crippen molar-refractivity contribution in [1.82, 2.24) is 14.9 Å². The first-order valence-corrected chi connectivity index (χ1v) is 7.62. The molecule has 2 heterocycles. The largest absolute Gasteiger partial charge is 0.369 e. The highest BCUT2D eigenvalue weighted by atomic mass is 15.2. The Bertz CT molecular complexity index is 361. The first-order valence-electron chi connectivity index (χ1n) is 7.62. The number of rotatable bonds is 6. The van der Waals surface area contributed by atoms with E-state index in [1.165, 1.54) is 38.6 Å². The second kappa shape index (κ2) is 7.43. The van der Waals surface area contributed by atoms with Crippen LogP contribution < -0.4 is 5.32 Å². The van der Waals surface area contributed by atoms with Crippen LogP contribution in [-0.4, -0.2) is 34.0 Å². The van der Waals surface area contributed by atoms with Crippen molar-refractivity contribution < 1.29 is 0 Å². The van der Waals surface area contributed by atoms with Crippen molar-refractivity contribution >= 4 is 5.82 Å². The van der Waals surface area contributed by atoms with Gasteiger partial charge < -0.3 is 5.32 Å². The Morgan fingerprint density at radius 1 is 1.26 bits per heavy atom. The molecule has 1 aromatic rings. The van der Waals surface area contributed by atoms with Crippen LogP contribution in [-0.2, 0) is 6.54 Å². The summed E-state index contributed by atoms with van der Waals surface area (Å²) in [6, 6.07) is 0.744.